The Morgan fingerprint density at radius 1 is 1.30 bits per heavy atom. The van der Waals surface area contributed by atoms with Gasteiger partial charge in [-0.25, -0.2) is 0 Å². The summed E-state index contributed by atoms with van der Waals surface area (Å²) in [4.78, 5) is 17.7. The van der Waals surface area contributed by atoms with Gasteiger partial charge in [0.25, 0.3) is 5.91 Å². The molecule has 1 fully saturated rings. The molecule has 0 unspecified atom stereocenters. The lowest BCUT2D eigenvalue weighted by Gasteiger charge is -2.28. The molecule has 1 amide bonds. The molecule has 4 heteroatoms. The Labute approximate surface area is 118 Å². The Morgan fingerprint density at radius 3 is 2.85 bits per heavy atom. The van der Waals surface area contributed by atoms with Crippen LogP contribution in [0.5, 0.6) is 0 Å². The number of fused-ring (bicyclic) bond motifs is 1. The van der Waals surface area contributed by atoms with Gasteiger partial charge >= 0.3 is 0 Å². The van der Waals surface area contributed by atoms with Gasteiger partial charge in [-0.15, -0.1) is 0 Å². The normalized spacial score (nSPS) is 15.8. The van der Waals surface area contributed by atoms with Crippen LogP contribution in [0.1, 0.15) is 36.0 Å². The number of amides is 1. The van der Waals surface area contributed by atoms with E-state index in [0.717, 1.165) is 23.7 Å². The van der Waals surface area contributed by atoms with Crippen molar-refractivity contribution in [2.75, 3.05) is 13.2 Å². The zero-order valence-electron chi connectivity index (χ0n) is 11.5. The van der Waals surface area contributed by atoms with Crippen molar-refractivity contribution in [3.05, 3.63) is 36.0 Å². The molecule has 0 saturated heterocycles. The van der Waals surface area contributed by atoms with Gasteiger partial charge < -0.3 is 15.0 Å². The molecule has 1 aromatic heterocycles. The maximum absolute atomic E-state index is 12.7. The molecular weight excluding hydrogens is 252 g/mol. The largest absolute Gasteiger partial charge is 0.395 e. The van der Waals surface area contributed by atoms with Crippen LogP contribution in [0.15, 0.2) is 30.5 Å². The minimum atomic E-state index is 0.0208. The smallest absolute Gasteiger partial charge is 0.254 e. The van der Waals surface area contributed by atoms with Crippen LogP contribution in [0.25, 0.3) is 10.9 Å². The van der Waals surface area contributed by atoms with E-state index in [4.69, 9.17) is 0 Å². The lowest BCUT2D eigenvalue weighted by Crippen LogP contribution is -2.40. The van der Waals surface area contributed by atoms with Gasteiger partial charge in [0.15, 0.2) is 0 Å². The molecule has 20 heavy (non-hydrogen) atoms. The third-order valence-corrected chi connectivity index (χ3v) is 4.17. The fraction of sp³-hybridized carbons (Fsp3) is 0.438. The maximum Gasteiger partial charge on any atom is 0.254 e. The first-order valence-electron chi connectivity index (χ1n) is 7.28. The summed E-state index contributed by atoms with van der Waals surface area (Å²) in [6.45, 7) is 0.444. The molecular formula is C16H20N2O2. The molecule has 0 radical (unpaired) electrons. The molecule has 0 bridgehead atoms. The third-order valence-electron chi connectivity index (χ3n) is 4.17. The molecule has 3 rings (SSSR count). The van der Waals surface area contributed by atoms with Crippen molar-refractivity contribution in [1.82, 2.24) is 9.88 Å². The predicted octanol–water partition coefficient (Wildman–Crippen LogP) is 2.55. The van der Waals surface area contributed by atoms with Crippen molar-refractivity contribution in [1.29, 1.82) is 0 Å². The van der Waals surface area contributed by atoms with E-state index < -0.39 is 0 Å². The van der Waals surface area contributed by atoms with Crippen LogP contribution in [-0.4, -0.2) is 40.1 Å². The van der Waals surface area contributed by atoms with Gasteiger partial charge in [-0.2, -0.15) is 0 Å². The Morgan fingerprint density at radius 2 is 2.10 bits per heavy atom. The number of aromatic amines is 1. The topological polar surface area (TPSA) is 56.3 Å². The summed E-state index contributed by atoms with van der Waals surface area (Å²) in [5.74, 6) is 0.0300. The van der Waals surface area contributed by atoms with Crippen molar-refractivity contribution >= 4 is 16.8 Å². The van der Waals surface area contributed by atoms with E-state index >= 15 is 0 Å². The second kappa shape index (κ2) is 5.67. The number of rotatable bonds is 4. The molecule has 1 saturated carbocycles. The molecule has 2 N–H and O–H groups in total. The molecule has 1 aromatic carbocycles. The first-order chi connectivity index (χ1) is 9.79. The van der Waals surface area contributed by atoms with E-state index in [9.17, 15) is 9.90 Å². The summed E-state index contributed by atoms with van der Waals surface area (Å²) >= 11 is 0. The summed E-state index contributed by atoms with van der Waals surface area (Å²) in [6.07, 6.45) is 6.33. The fourth-order valence-electron chi connectivity index (χ4n) is 3.12. The highest BCUT2D eigenvalue weighted by Crippen LogP contribution is 2.25. The zero-order chi connectivity index (χ0) is 13.9. The van der Waals surface area contributed by atoms with Crippen molar-refractivity contribution in [2.24, 2.45) is 0 Å². The van der Waals surface area contributed by atoms with E-state index in [-0.39, 0.29) is 18.6 Å². The average Bonchev–Trinajstić information content (AvgIpc) is 3.13. The third kappa shape index (κ3) is 2.43. The summed E-state index contributed by atoms with van der Waals surface area (Å²) in [5, 5.41) is 10.3. The Hall–Kier alpha value is -1.81. The van der Waals surface area contributed by atoms with Crippen LogP contribution in [0.3, 0.4) is 0 Å². The summed E-state index contributed by atoms with van der Waals surface area (Å²) in [6, 6.07) is 8.01. The summed E-state index contributed by atoms with van der Waals surface area (Å²) in [7, 11) is 0. The van der Waals surface area contributed by atoms with Crippen molar-refractivity contribution in [3.8, 4) is 0 Å². The van der Waals surface area contributed by atoms with Gasteiger partial charge in [0.05, 0.1) is 6.61 Å². The molecule has 1 heterocycles. The number of aromatic nitrogens is 1. The average molecular weight is 272 g/mol. The number of H-pyrrole nitrogens is 1. The molecule has 1 aliphatic rings. The van der Waals surface area contributed by atoms with Crippen molar-refractivity contribution < 1.29 is 9.90 Å². The van der Waals surface area contributed by atoms with Crippen LogP contribution < -0.4 is 0 Å². The summed E-state index contributed by atoms with van der Waals surface area (Å²) in [5.41, 5.74) is 1.67. The number of aliphatic hydroxyl groups is 1. The SMILES string of the molecule is O=C(c1ccc2cc[nH]c2c1)N(CCO)C1CCCC1. The van der Waals surface area contributed by atoms with E-state index in [1.807, 2.05) is 35.4 Å². The lowest BCUT2D eigenvalue weighted by atomic mass is 10.1. The number of hydrogen-bond acceptors (Lipinski definition) is 2. The van der Waals surface area contributed by atoms with Crippen LogP contribution in [0, 0.1) is 0 Å². The van der Waals surface area contributed by atoms with Gasteiger partial charge in [-0.05, 0) is 36.4 Å². The standard InChI is InChI=1S/C16H20N2O2/c19-10-9-18(14-3-1-2-4-14)16(20)13-6-5-12-7-8-17-15(12)11-13/h5-8,11,14,17,19H,1-4,9-10H2. The van der Waals surface area contributed by atoms with Crippen LogP contribution in [0.4, 0.5) is 0 Å². The minimum absolute atomic E-state index is 0.0208. The van der Waals surface area contributed by atoms with Gasteiger partial charge in [-0.1, -0.05) is 18.9 Å². The Balaban J connectivity index is 1.87. The molecule has 0 aliphatic heterocycles. The lowest BCUT2D eigenvalue weighted by molar-refractivity contribution is 0.0638. The predicted molar refractivity (Wildman–Crippen MR) is 78.7 cm³/mol. The fourth-order valence-corrected chi connectivity index (χ4v) is 3.12. The highest BCUT2D eigenvalue weighted by molar-refractivity contribution is 5.98. The monoisotopic (exact) mass is 272 g/mol. The number of aliphatic hydroxyl groups excluding tert-OH is 1. The van der Waals surface area contributed by atoms with E-state index in [1.54, 1.807) is 0 Å². The number of carbonyl (C=O) groups excluding carboxylic acids is 1. The molecule has 0 atom stereocenters. The van der Waals surface area contributed by atoms with Crippen LogP contribution in [-0.2, 0) is 0 Å². The van der Waals surface area contributed by atoms with Gasteiger partial charge in [-0.3, -0.25) is 4.79 Å². The molecule has 2 aromatic rings. The molecule has 106 valence electrons. The molecule has 0 spiro atoms. The quantitative estimate of drug-likeness (QED) is 0.898. The van der Waals surface area contributed by atoms with E-state index in [1.165, 1.54) is 12.8 Å². The van der Waals surface area contributed by atoms with E-state index in [2.05, 4.69) is 4.98 Å². The second-order valence-corrected chi connectivity index (χ2v) is 5.44. The number of nitrogens with one attached hydrogen (secondary N) is 1. The van der Waals surface area contributed by atoms with Crippen molar-refractivity contribution in [3.63, 3.8) is 0 Å². The Bertz CT molecular complexity index is 599. The summed E-state index contributed by atoms with van der Waals surface area (Å²) < 4.78 is 0. The zero-order valence-corrected chi connectivity index (χ0v) is 11.5. The van der Waals surface area contributed by atoms with Crippen LogP contribution >= 0.6 is 0 Å². The van der Waals surface area contributed by atoms with Gasteiger partial charge in [0.2, 0.25) is 0 Å². The molecule has 1 aliphatic carbocycles. The first-order valence-corrected chi connectivity index (χ1v) is 7.28. The van der Waals surface area contributed by atoms with Crippen molar-refractivity contribution in [2.45, 2.75) is 31.7 Å². The Kier molecular flexibility index (Phi) is 3.74. The number of hydrogen-bond donors (Lipinski definition) is 2. The number of carbonyl (C=O) groups is 1. The molecule has 4 nitrogen and oxygen atoms in total. The maximum atomic E-state index is 12.7. The minimum Gasteiger partial charge on any atom is -0.395 e. The first kappa shape index (κ1) is 13.2. The number of benzene rings is 1. The van der Waals surface area contributed by atoms with Crippen LogP contribution in [0.2, 0.25) is 0 Å². The second-order valence-electron chi connectivity index (χ2n) is 5.44. The highest BCUT2D eigenvalue weighted by Gasteiger charge is 2.27. The van der Waals surface area contributed by atoms with Gasteiger partial charge in [0, 0.05) is 29.9 Å². The van der Waals surface area contributed by atoms with E-state index in [0.29, 0.717) is 12.1 Å². The number of nitrogens with zero attached hydrogens (tertiary/aromatic N) is 1. The van der Waals surface area contributed by atoms with Gasteiger partial charge in [0.1, 0.15) is 0 Å². The highest BCUT2D eigenvalue weighted by atomic mass is 16.3.